The first-order valence-corrected chi connectivity index (χ1v) is 9.04. The number of hydrogen-bond donors (Lipinski definition) is 1. The number of rotatable bonds is 5. The lowest BCUT2D eigenvalue weighted by atomic mass is 9.67. The van der Waals surface area contributed by atoms with Crippen molar-refractivity contribution >= 4 is 17.7 Å². The minimum Gasteiger partial charge on any atom is -0.467 e. The summed E-state index contributed by atoms with van der Waals surface area (Å²) in [6, 6.07) is 8.86. The smallest absolute Gasteiger partial charge is 0.328 e. The highest BCUT2D eigenvalue weighted by molar-refractivity contribution is 5.90. The Labute approximate surface area is 148 Å². The van der Waals surface area contributed by atoms with Crippen LogP contribution in [0.2, 0.25) is 0 Å². The predicted octanol–water partition coefficient (Wildman–Crippen LogP) is 2.28. The van der Waals surface area contributed by atoms with Gasteiger partial charge in [0.25, 0.3) is 0 Å². The lowest BCUT2D eigenvalue weighted by Crippen LogP contribution is -2.48. The molecule has 25 heavy (non-hydrogen) atoms. The zero-order chi connectivity index (χ0) is 17.8. The maximum Gasteiger partial charge on any atom is 0.328 e. The van der Waals surface area contributed by atoms with Crippen LogP contribution in [-0.4, -0.2) is 30.8 Å². The quantitative estimate of drug-likeness (QED) is 0.833. The Hall–Kier alpha value is -2.17. The van der Waals surface area contributed by atoms with Crippen molar-refractivity contribution in [2.24, 2.45) is 17.8 Å². The molecule has 1 amide bonds. The molecule has 0 aliphatic heterocycles. The van der Waals surface area contributed by atoms with Gasteiger partial charge in [-0.15, -0.1) is 0 Å². The van der Waals surface area contributed by atoms with Gasteiger partial charge in [-0.1, -0.05) is 36.8 Å². The fraction of sp³-hybridized carbons (Fsp3) is 0.550. The second-order valence-electron chi connectivity index (χ2n) is 7.17. The van der Waals surface area contributed by atoms with E-state index in [1.165, 1.54) is 7.11 Å². The van der Waals surface area contributed by atoms with E-state index in [1.807, 2.05) is 30.3 Å². The van der Waals surface area contributed by atoms with Gasteiger partial charge in [0.2, 0.25) is 5.91 Å². The highest BCUT2D eigenvalue weighted by Gasteiger charge is 2.41. The number of ketones is 1. The zero-order valence-electron chi connectivity index (χ0n) is 14.6. The first-order valence-electron chi connectivity index (χ1n) is 9.04. The molecule has 0 spiro atoms. The first kappa shape index (κ1) is 17.6. The number of esters is 1. The molecule has 0 heterocycles. The summed E-state index contributed by atoms with van der Waals surface area (Å²) < 4.78 is 4.86. The number of Topliss-reactive ketones (excluding diaryl/α,β-unsaturated/α-hetero) is 1. The Kier molecular flexibility index (Phi) is 5.51. The second-order valence-corrected chi connectivity index (χ2v) is 7.17. The molecule has 1 aromatic rings. The van der Waals surface area contributed by atoms with Crippen molar-refractivity contribution in [3.05, 3.63) is 35.9 Å². The van der Waals surface area contributed by atoms with Crippen molar-refractivity contribution in [3.8, 4) is 0 Å². The molecular weight excluding hydrogens is 318 g/mol. The summed E-state index contributed by atoms with van der Waals surface area (Å²) in [4.78, 5) is 37.0. The molecule has 5 nitrogen and oxygen atoms in total. The number of carbonyl (C=O) groups excluding carboxylic acids is 3. The SMILES string of the molecule is COC(=O)[C@H](Cc1ccccc1)NC(=O)C1CC2CCCC(C1)C2=O. The molecule has 0 aromatic heterocycles. The molecule has 5 heteroatoms. The Bertz CT molecular complexity index is 626. The molecule has 2 aliphatic carbocycles. The predicted molar refractivity (Wildman–Crippen MR) is 92.7 cm³/mol. The van der Waals surface area contributed by atoms with E-state index in [-0.39, 0.29) is 23.7 Å². The summed E-state index contributed by atoms with van der Waals surface area (Å²) in [7, 11) is 1.33. The fourth-order valence-electron chi connectivity index (χ4n) is 4.17. The van der Waals surface area contributed by atoms with E-state index >= 15 is 0 Å². The lowest BCUT2D eigenvalue weighted by Gasteiger charge is -2.37. The van der Waals surface area contributed by atoms with Crippen LogP contribution < -0.4 is 5.32 Å². The summed E-state index contributed by atoms with van der Waals surface area (Å²) in [6.07, 6.45) is 4.49. The van der Waals surface area contributed by atoms with Crippen LogP contribution >= 0.6 is 0 Å². The van der Waals surface area contributed by atoms with Gasteiger partial charge in [0.15, 0.2) is 0 Å². The molecule has 1 aromatic carbocycles. The van der Waals surface area contributed by atoms with Crippen molar-refractivity contribution in [1.82, 2.24) is 5.32 Å². The third-order valence-electron chi connectivity index (χ3n) is 5.50. The average Bonchev–Trinajstić information content (AvgIpc) is 2.61. The third-order valence-corrected chi connectivity index (χ3v) is 5.50. The van der Waals surface area contributed by atoms with Crippen LogP contribution in [0.3, 0.4) is 0 Å². The highest BCUT2D eigenvalue weighted by Crippen LogP contribution is 2.40. The van der Waals surface area contributed by atoms with Gasteiger partial charge < -0.3 is 10.1 Å². The molecule has 2 fully saturated rings. The Balaban J connectivity index is 1.66. The number of methoxy groups -OCH3 is 1. The summed E-state index contributed by atoms with van der Waals surface area (Å²) in [5.74, 6) is -0.372. The number of amides is 1. The summed E-state index contributed by atoms with van der Waals surface area (Å²) in [5.41, 5.74) is 0.967. The van der Waals surface area contributed by atoms with Crippen molar-refractivity contribution in [3.63, 3.8) is 0 Å². The number of carbonyl (C=O) groups is 3. The minimum absolute atomic E-state index is 0.0222. The van der Waals surface area contributed by atoms with Crippen molar-refractivity contribution in [1.29, 1.82) is 0 Å². The van der Waals surface area contributed by atoms with E-state index in [0.29, 0.717) is 25.0 Å². The fourth-order valence-corrected chi connectivity index (χ4v) is 4.17. The molecule has 2 aliphatic rings. The lowest BCUT2D eigenvalue weighted by molar-refractivity contribution is -0.147. The first-order chi connectivity index (χ1) is 12.1. The number of ether oxygens (including phenoxy) is 1. The van der Waals surface area contributed by atoms with Crippen LogP contribution in [0.1, 0.15) is 37.7 Å². The van der Waals surface area contributed by atoms with Gasteiger partial charge in [0.05, 0.1) is 7.11 Å². The zero-order valence-corrected chi connectivity index (χ0v) is 14.6. The van der Waals surface area contributed by atoms with Gasteiger partial charge in [-0.2, -0.15) is 0 Å². The third kappa shape index (κ3) is 4.09. The number of benzene rings is 1. The van der Waals surface area contributed by atoms with Gasteiger partial charge in [0.1, 0.15) is 11.8 Å². The number of hydrogen-bond acceptors (Lipinski definition) is 4. The maximum absolute atomic E-state index is 12.7. The van der Waals surface area contributed by atoms with Crippen molar-refractivity contribution < 1.29 is 19.1 Å². The topological polar surface area (TPSA) is 72.5 Å². The van der Waals surface area contributed by atoms with E-state index in [9.17, 15) is 14.4 Å². The molecule has 3 atom stereocenters. The highest BCUT2D eigenvalue weighted by atomic mass is 16.5. The van der Waals surface area contributed by atoms with Gasteiger partial charge in [-0.25, -0.2) is 4.79 Å². The van der Waals surface area contributed by atoms with E-state index in [4.69, 9.17) is 4.74 Å². The maximum atomic E-state index is 12.7. The Morgan fingerprint density at radius 3 is 2.40 bits per heavy atom. The van der Waals surface area contributed by atoms with Gasteiger partial charge in [-0.3, -0.25) is 9.59 Å². The normalized spacial score (nSPS) is 26.6. The summed E-state index contributed by atoms with van der Waals surface area (Å²) in [5, 5.41) is 2.87. The van der Waals surface area contributed by atoms with E-state index in [0.717, 1.165) is 24.8 Å². The van der Waals surface area contributed by atoms with Crippen LogP contribution in [0, 0.1) is 17.8 Å². The van der Waals surface area contributed by atoms with Crippen molar-refractivity contribution in [2.45, 2.75) is 44.6 Å². The minimum atomic E-state index is -0.697. The molecule has 0 radical (unpaired) electrons. The molecule has 1 N–H and O–H groups in total. The molecule has 134 valence electrons. The molecular formula is C20H25NO4. The van der Waals surface area contributed by atoms with Gasteiger partial charge in [-0.05, 0) is 31.2 Å². The summed E-state index contributed by atoms with van der Waals surface area (Å²) >= 11 is 0. The second kappa shape index (κ2) is 7.81. The monoisotopic (exact) mass is 343 g/mol. The standard InChI is InChI=1S/C20H25NO4/c1-25-20(24)17(10-13-6-3-2-4-7-13)21-19(23)16-11-14-8-5-9-15(12-16)18(14)22/h2-4,6-7,14-17H,5,8-12H2,1H3,(H,21,23)/t14?,15?,16?,17-/m0/s1. The van der Waals surface area contributed by atoms with Crippen LogP contribution in [0.25, 0.3) is 0 Å². The average molecular weight is 343 g/mol. The number of nitrogens with one attached hydrogen (secondary N) is 1. The van der Waals surface area contributed by atoms with Crippen LogP contribution in [-0.2, 0) is 25.5 Å². The van der Waals surface area contributed by atoms with Crippen LogP contribution in [0.4, 0.5) is 0 Å². The summed E-state index contributed by atoms with van der Waals surface area (Å²) in [6.45, 7) is 0. The van der Waals surface area contributed by atoms with E-state index in [1.54, 1.807) is 0 Å². The van der Waals surface area contributed by atoms with Crippen LogP contribution in [0.5, 0.6) is 0 Å². The van der Waals surface area contributed by atoms with Gasteiger partial charge in [0, 0.05) is 24.2 Å². The van der Waals surface area contributed by atoms with Crippen molar-refractivity contribution in [2.75, 3.05) is 7.11 Å². The van der Waals surface area contributed by atoms with Crippen LogP contribution in [0.15, 0.2) is 30.3 Å². The van der Waals surface area contributed by atoms with E-state index in [2.05, 4.69) is 5.32 Å². The molecule has 2 saturated carbocycles. The Morgan fingerprint density at radius 2 is 1.80 bits per heavy atom. The van der Waals surface area contributed by atoms with Gasteiger partial charge >= 0.3 is 5.97 Å². The molecule has 0 saturated heterocycles. The molecule has 3 rings (SSSR count). The van der Waals surface area contributed by atoms with E-state index < -0.39 is 12.0 Å². The molecule has 2 bridgehead atoms. The number of fused-ring (bicyclic) bond motifs is 2. The largest absolute Gasteiger partial charge is 0.467 e. The Morgan fingerprint density at radius 1 is 1.16 bits per heavy atom. The molecule has 2 unspecified atom stereocenters.